The van der Waals surface area contributed by atoms with E-state index >= 15 is 0 Å². The number of anilines is 3. The predicted molar refractivity (Wildman–Crippen MR) is 211 cm³/mol. The zero-order valence-corrected chi connectivity index (χ0v) is 31.6. The van der Waals surface area contributed by atoms with Crippen LogP contribution in [-0.4, -0.2) is 48.7 Å². The molecule has 3 aromatic carbocycles. The van der Waals surface area contributed by atoms with Crippen molar-refractivity contribution in [3.8, 4) is 5.69 Å². The molecule has 274 valence electrons. The maximum atomic E-state index is 13.9. The van der Waals surface area contributed by atoms with Crippen molar-refractivity contribution in [2.24, 2.45) is 5.92 Å². The van der Waals surface area contributed by atoms with E-state index in [1.165, 1.54) is 5.56 Å². The fraction of sp³-hybridized carbons (Fsp3) is 0.372. The number of amides is 3. The van der Waals surface area contributed by atoms with E-state index in [9.17, 15) is 9.59 Å². The van der Waals surface area contributed by atoms with Gasteiger partial charge in [-0.15, -0.1) is 0 Å². The van der Waals surface area contributed by atoms with Gasteiger partial charge in [-0.25, -0.2) is 19.4 Å². The molecule has 10 nitrogen and oxygen atoms in total. The van der Waals surface area contributed by atoms with E-state index in [0.717, 1.165) is 77.6 Å². The number of aryl methyl sites for hydroxylation is 3. The highest BCUT2D eigenvalue weighted by Crippen LogP contribution is 2.41. The molecule has 2 aliphatic heterocycles. The standard InChI is InChI=1S/C43H50N8O2/c1-27-10-16-35(17-11-27)51-40(25-38(49-51)43(4,5)6)48-42(53)47-33-14-12-30(13-15-33)21-31-22-36-18-19-37(23-31)50(36)41(52)32-8-7-9-34(24-32)44-26-39-45-28(2)20-29(3)46-39/h7-17,20,24-25,31,36-37,44H,18-19,21-23,26H2,1-6H3,(H2,47,48,53). The Balaban J connectivity index is 0.938. The Kier molecular flexibility index (Phi) is 10.1. The molecule has 2 saturated heterocycles. The van der Waals surface area contributed by atoms with Gasteiger partial charge in [-0.3, -0.25) is 10.1 Å². The zero-order chi connectivity index (χ0) is 37.3. The molecule has 2 fully saturated rings. The fourth-order valence-electron chi connectivity index (χ4n) is 7.81. The lowest BCUT2D eigenvalue weighted by atomic mass is 9.85. The number of carbonyl (C=O) groups excluding carboxylic acids is 2. The summed E-state index contributed by atoms with van der Waals surface area (Å²) in [5.41, 5.74) is 8.22. The number of piperidine rings is 1. The van der Waals surface area contributed by atoms with Gasteiger partial charge < -0.3 is 15.5 Å². The number of rotatable bonds is 9. The molecule has 3 N–H and O–H groups in total. The highest BCUT2D eigenvalue weighted by atomic mass is 16.2. The third-order valence-electron chi connectivity index (χ3n) is 10.4. The largest absolute Gasteiger partial charge is 0.378 e. The number of benzene rings is 3. The third kappa shape index (κ3) is 8.43. The third-order valence-corrected chi connectivity index (χ3v) is 10.4. The van der Waals surface area contributed by atoms with Crippen LogP contribution in [0.1, 0.15) is 90.8 Å². The first-order valence-corrected chi connectivity index (χ1v) is 18.7. The first-order valence-electron chi connectivity index (χ1n) is 18.7. The normalized spacial score (nSPS) is 18.2. The summed E-state index contributed by atoms with van der Waals surface area (Å²) in [6.45, 7) is 12.8. The Morgan fingerprint density at radius 3 is 2.13 bits per heavy atom. The minimum atomic E-state index is -0.322. The van der Waals surface area contributed by atoms with Crippen molar-refractivity contribution in [3.05, 3.63) is 125 Å². The molecule has 2 bridgehead atoms. The van der Waals surface area contributed by atoms with E-state index < -0.39 is 0 Å². The first-order chi connectivity index (χ1) is 25.4. The molecule has 0 saturated carbocycles. The van der Waals surface area contributed by atoms with Crippen LogP contribution in [0.15, 0.2) is 84.9 Å². The summed E-state index contributed by atoms with van der Waals surface area (Å²) in [4.78, 5) is 38.2. The first kappa shape index (κ1) is 35.9. The number of aromatic nitrogens is 4. The van der Waals surface area contributed by atoms with Gasteiger partial charge in [-0.1, -0.05) is 56.7 Å². The van der Waals surface area contributed by atoms with Crippen LogP contribution in [0.2, 0.25) is 0 Å². The van der Waals surface area contributed by atoms with E-state index in [2.05, 4.69) is 63.7 Å². The molecule has 5 aromatic rings. The van der Waals surface area contributed by atoms with Crippen LogP contribution in [0.5, 0.6) is 0 Å². The molecule has 10 heteroatoms. The van der Waals surface area contributed by atoms with E-state index in [1.807, 2.05) is 93.6 Å². The summed E-state index contributed by atoms with van der Waals surface area (Å²) in [6.07, 6.45) is 5.04. The van der Waals surface area contributed by atoms with E-state index in [-0.39, 0.29) is 29.4 Å². The van der Waals surface area contributed by atoms with Gasteiger partial charge in [0.1, 0.15) is 11.6 Å². The number of carbonyl (C=O) groups is 2. The SMILES string of the molecule is Cc1ccc(-n2nc(C(C)(C)C)cc2NC(=O)Nc2ccc(CC3CC4CCC(C3)N4C(=O)c3cccc(NCc4nc(C)cc(C)n4)c3)cc2)cc1. The number of hydrogen-bond donors (Lipinski definition) is 3. The summed E-state index contributed by atoms with van der Waals surface area (Å²) >= 11 is 0. The van der Waals surface area contributed by atoms with Crippen molar-refractivity contribution in [2.45, 2.75) is 97.7 Å². The molecule has 53 heavy (non-hydrogen) atoms. The monoisotopic (exact) mass is 710 g/mol. The maximum Gasteiger partial charge on any atom is 0.324 e. The highest BCUT2D eigenvalue weighted by molar-refractivity contribution is 5.99. The van der Waals surface area contributed by atoms with Gasteiger partial charge in [-0.05, 0) is 113 Å². The van der Waals surface area contributed by atoms with E-state index in [0.29, 0.717) is 23.8 Å². The van der Waals surface area contributed by atoms with Crippen molar-refractivity contribution < 1.29 is 9.59 Å². The summed E-state index contributed by atoms with van der Waals surface area (Å²) in [5.74, 6) is 1.97. The second-order valence-electron chi connectivity index (χ2n) is 15.8. The maximum absolute atomic E-state index is 13.9. The molecule has 2 aromatic heterocycles. The molecular formula is C43H50N8O2. The number of hydrogen-bond acceptors (Lipinski definition) is 6. The van der Waals surface area contributed by atoms with E-state index in [1.54, 1.807) is 4.68 Å². The Labute approximate surface area is 312 Å². The minimum Gasteiger partial charge on any atom is -0.378 e. The molecule has 2 unspecified atom stereocenters. The molecular weight excluding hydrogens is 661 g/mol. The zero-order valence-electron chi connectivity index (χ0n) is 31.6. The van der Waals surface area contributed by atoms with Crippen LogP contribution in [0.3, 0.4) is 0 Å². The van der Waals surface area contributed by atoms with Gasteiger partial charge in [0.2, 0.25) is 0 Å². The number of nitrogens with zero attached hydrogens (tertiary/aromatic N) is 5. The van der Waals surface area contributed by atoms with Crippen molar-refractivity contribution in [1.29, 1.82) is 0 Å². The van der Waals surface area contributed by atoms with Crippen LogP contribution in [0, 0.1) is 26.7 Å². The van der Waals surface area contributed by atoms with Crippen LogP contribution in [-0.2, 0) is 18.4 Å². The second-order valence-corrected chi connectivity index (χ2v) is 15.8. The molecule has 2 aliphatic rings. The van der Waals surface area contributed by atoms with Crippen molar-refractivity contribution in [1.82, 2.24) is 24.6 Å². The molecule has 0 spiro atoms. The second kappa shape index (κ2) is 14.8. The number of urea groups is 1. The lowest BCUT2D eigenvalue weighted by molar-refractivity contribution is 0.0524. The Bertz CT molecular complexity index is 2060. The van der Waals surface area contributed by atoms with Crippen LogP contribution < -0.4 is 16.0 Å². The van der Waals surface area contributed by atoms with E-state index in [4.69, 9.17) is 5.10 Å². The summed E-state index contributed by atoms with van der Waals surface area (Å²) in [7, 11) is 0. The highest BCUT2D eigenvalue weighted by Gasteiger charge is 2.43. The van der Waals surface area contributed by atoms with Crippen molar-refractivity contribution in [3.63, 3.8) is 0 Å². The molecule has 3 amide bonds. The lowest BCUT2D eigenvalue weighted by Crippen LogP contribution is -2.46. The molecule has 4 heterocycles. The Morgan fingerprint density at radius 1 is 0.792 bits per heavy atom. The van der Waals surface area contributed by atoms with Gasteiger partial charge in [0.15, 0.2) is 0 Å². The number of fused-ring (bicyclic) bond motifs is 2. The fourth-order valence-corrected chi connectivity index (χ4v) is 7.81. The number of nitrogens with one attached hydrogen (secondary N) is 3. The van der Waals surface area contributed by atoms with Gasteiger partial charge in [-0.2, -0.15) is 5.10 Å². The Hall–Kier alpha value is -5.51. The van der Waals surface area contributed by atoms with Gasteiger partial charge >= 0.3 is 6.03 Å². The average molecular weight is 711 g/mol. The van der Waals surface area contributed by atoms with Crippen molar-refractivity contribution >= 4 is 29.1 Å². The lowest BCUT2D eigenvalue weighted by Gasteiger charge is -2.39. The van der Waals surface area contributed by atoms with Gasteiger partial charge in [0.25, 0.3) is 5.91 Å². The predicted octanol–water partition coefficient (Wildman–Crippen LogP) is 8.77. The summed E-state index contributed by atoms with van der Waals surface area (Å²) in [6, 6.07) is 28.1. The van der Waals surface area contributed by atoms with Crippen LogP contribution >= 0.6 is 0 Å². The van der Waals surface area contributed by atoms with Gasteiger partial charge in [0, 0.05) is 51.9 Å². The smallest absolute Gasteiger partial charge is 0.324 e. The molecule has 7 rings (SSSR count). The summed E-state index contributed by atoms with van der Waals surface area (Å²) in [5, 5.41) is 14.2. The average Bonchev–Trinajstić information content (AvgIpc) is 3.66. The van der Waals surface area contributed by atoms with Crippen molar-refractivity contribution in [2.75, 3.05) is 16.0 Å². The summed E-state index contributed by atoms with van der Waals surface area (Å²) < 4.78 is 1.79. The minimum absolute atomic E-state index is 0.118. The molecule has 2 atom stereocenters. The van der Waals surface area contributed by atoms with Gasteiger partial charge in [0.05, 0.1) is 17.9 Å². The van der Waals surface area contributed by atoms with Crippen LogP contribution in [0.25, 0.3) is 5.69 Å². The van der Waals surface area contributed by atoms with Crippen LogP contribution in [0.4, 0.5) is 22.0 Å². The molecule has 0 radical (unpaired) electrons. The topological polar surface area (TPSA) is 117 Å². The molecule has 0 aliphatic carbocycles. The Morgan fingerprint density at radius 2 is 1.47 bits per heavy atom. The quantitative estimate of drug-likeness (QED) is 0.141.